The van der Waals surface area contributed by atoms with Crippen LogP contribution in [0.15, 0.2) is 18.2 Å². The van der Waals surface area contributed by atoms with Crippen molar-refractivity contribution in [3.8, 4) is 0 Å². The molecule has 1 rings (SSSR count). The van der Waals surface area contributed by atoms with Gasteiger partial charge in [0.1, 0.15) is 6.17 Å². The van der Waals surface area contributed by atoms with Crippen molar-refractivity contribution in [1.29, 1.82) is 0 Å². The van der Waals surface area contributed by atoms with Gasteiger partial charge in [0, 0.05) is 5.02 Å². The molecule has 0 aliphatic carbocycles. The highest BCUT2D eigenvalue weighted by Gasteiger charge is 2.08. The molecule has 1 atom stereocenters. The normalized spacial score (nSPS) is 12.5. The number of carboxylic acids is 1. The van der Waals surface area contributed by atoms with Gasteiger partial charge >= 0.3 is 5.97 Å². The molecule has 0 amide bonds. The van der Waals surface area contributed by atoms with Crippen molar-refractivity contribution in [1.82, 2.24) is 0 Å². The van der Waals surface area contributed by atoms with E-state index in [1.54, 1.807) is 12.1 Å². The summed E-state index contributed by atoms with van der Waals surface area (Å²) in [5.74, 6) is -0.951. The summed E-state index contributed by atoms with van der Waals surface area (Å²) < 4.78 is 12.8. The number of benzene rings is 1. The third-order valence-corrected chi connectivity index (χ3v) is 2.23. The molecule has 0 saturated carbocycles. The quantitative estimate of drug-likeness (QED) is 0.844. The van der Waals surface area contributed by atoms with Crippen LogP contribution in [0.5, 0.6) is 0 Å². The van der Waals surface area contributed by atoms with Gasteiger partial charge in [-0.05, 0) is 24.1 Å². The first kappa shape index (κ1) is 11.0. The van der Waals surface area contributed by atoms with E-state index in [0.717, 1.165) is 0 Å². The van der Waals surface area contributed by atoms with E-state index < -0.39 is 12.1 Å². The lowest BCUT2D eigenvalue weighted by atomic mass is 10.1. The van der Waals surface area contributed by atoms with Crippen molar-refractivity contribution in [2.45, 2.75) is 19.5 Å². The third kappa shape index (κ3) is 2.70. The molecule has 0 saturated heterocycles. The van der Waals surface area contributed by atoms with Crippen molar-refractivity contribution < 1.29 is 14.3 Å². The Hall–Kier alpha value is -1.09. The predicted octanol–water partition coefficient (Wildman–Crippen LogP) is 3.00. The molecule has 0 spiro atoms. The molecule has 0 aliphatic rings. The Morgan fingerprint density at radius 3 is 2.71 bits per heavy atom. The predicted molar refractivity (Wildman–Crippen MR) is 52.3 cm³/mol. The van der Waals surface area contributed by atoms with Gasteiger partial charge in [0.25, 0.3) is 0 Å². The Kier molecular flexibility index (Phi) is 3.47. The van der Waals surface area contributed by atoms with Crippen LogP contribution in [-0.4, -0.2) is 11.1 Å². The Morgan fingerprint density at radius 2 is 2.29 bits per heavy atom. The van der Waals surface area contributed by atoms with E-state index in [-0.39, 0.29) is 6.42 Å². The highest BCUT2D eigenvalue weighted by molar-refractivity contribution is 6.31. The standard InChI is InChI=1S/C10H10ClFO2/c1-6(12)7-2-3-8(5-10(13)14)9(11)4-7/h2-4,6H,5H2,1H3,(H,13,14). The molecule has 0 aromatic heterocycles. The number of hydrogen-bond donors (Lipinski definition) is 1. The second-order valence-corrected chi connectivity index (χ2v) is 3.44. The average Bonchev–Trinajstić information content (AvgIpc) is 2.07. The van der Waals surface area contributed by atoms with Gasteiger partial charge in [-0.3, -0.25) is 4.79 Å². The molecule has 2 nitrogen and oxygen atoms in total. The van der Waals surface area contributed by atoms with Crippen molar-refractivity contribution in [3.63, 3.8) is 0 Å². The van der Waals surface area contributed by atoms with Crippen molar-refractivity contribution >= 4 is 17.6 Å². The van der Waals surface area contributed by atoms with Gasteiger partial charge in [0.2, 0.25) is 0 Å². The van der Waals surface area contributed by atoms with Gasteiger partial charge in [-0.1, -0.05) is 23.7 Å². The summed E-state index contributed by atoms with van der Waals surface area (Å²) in [6.07, 6.45) is -1.23. The molecular formula is C10H10ClFO2. The summed E-state index contributed by atoms with van der Waals surface area (Å²) in [5.41, 5.74) is 0.965. The van der Waals surface area contributed by atoms with Gasteiger partial charge in [-0.2, -0.15) is 0 Å². The largest absolute Gasteiger partial charge is 0.481 e. The lowest BCUT2D eigenvalue weighted by molar-refractivity contribution is -0.136. The van der Waals surface area contributed by atoms with Crippen LogP contribution in [0.2, 0.25) is 5.02 Å². The second kappa shape index (κ2) is 4.42. The molecule has 76 valence electrons. The Balaban J connectivity index is 2.95. The molecule has 1 aromatic rings. The van der Waals surface area contributed by atoms with Crippen molar-refractivity contribution in [2.24, 2.45) is 0 Å². The molecule has 1 unspecified atom stereocenters. The van der Waals surface area contributed by atoms with Gasteiger partial charge in [0.05, 0.1) is 6.42 Å². The Morgan fingerprint density at radius 1 is 1.64 bits per heavy atom. The maximum atomic E-state index is 12.8. The number of halogens is 2. The summed E-state index contributed by atoms with van der Waals surface area (Å²) in [6, 6.07) is 4.56. The average molecular weight is 217 g/mol. The zero-order chi connectivity index (χ0) is 10.7. The summed E-state index contributed by atoms with van der Waals surface area (Å²) in [5, 5.41) is 8.84. The fraction of sp³-hybridized carbons (Fsp3) is 0.300. The molecular weight excluding hydrogens is 207 g/mol. The molecule has 1 N–H and O–H groups in total. The number of carbonyl (C=O) groups is 1. The summed E-state index contributed by atoms with van der Waals surface area (Å²) >= 11 is 5.79. The second-order valence-electron chi connectivity index (χ2n) is 3.04. The molecule has 4 heteroatoms. The number of carboxylic acid groups (broad SMARTS) is 1. The zero-order valence-electron chi connectivity index (χ0n) is 7.63. The van der Waals surface area contributed by atoms with E-state index in [4.69, 9.17) is 16.7 Å². The maximum absolute atomic E-state index is 12.8. The lowest BCUT2D eigenvalue weighted by Gasteiger charge is -2.05. The van der Waals surface area contributed by atoms with Gasteiger partial charge in [0.15, 0.2) is 0 Å². The first-order valence-corrected chi connectivity index (χ1v) is 4.52. The molecule has 0 heterocycles. The van der Waals surface area contributed by atoms with Crippen LogP contribution >= 0.6 is 11.6 Å². The van der Waals surface area contributed by atoms with E-state index in [2.05, 4.69) is 0 Å². The molecule has 0 bridgehead atoms. The van der Waals surface area contributed by atoms with Crippen LogP contribution in [0.1, 0.15) is 24.2 Å². The van der Waals surface area contributed by atoms with E-state index in [0.29, 0.717) is 16.1 Å². The third-order valence-electron chi connectivity index (χ3n) is 1.88. The van der Waals surface area contributed by atoms with Gasteiger partial charge < -0.3 is 5.11 Å². The smallest absolute Gasteiger partial charge is 0.307 e. The number of aliphatic carboxylic acids is 1. The molecule has 14 heavy (non-hydrogen) atoms. The minimum absolute atomic E-state index is 0.139. The SMILES string of the molecule is CC(F)c1ccc(CC(=O)O)c(Cl)c1. The van der Waals surface area contributed by atoms with E-state index in [9.17, 15) is 9.18 Å². The van der Waals surface area contributed by atoms with E-state index in [1.807, 2.05) is 0 Å². The number of rotatable bonds is 3. The maximum Gasteiger partial charge on any atom is 0.307 e. The van der Waals surface area contributed by atoms with Crippen molar-refractivity contribution in [3.05, 3.63) is 34.3 Å². The number of alkyl halides is 1. The number of hydrogen-bond acceptors (Lipinski definition) is 1. The van der Waals surface area contributed by atoms with E-state index in [1.165, 1.54) is 13.0 Å². The van der Waals surface area contributed by atoms with Gasteiger partial charge in [-0.25, -0.2) is 4.39 Å². The molecule has 1 aromatic carbocycles. The summed E-state index contributed by atoms with van der Waals surface area (Å²) in [6.45, 7) is 1.41. The van der Waals surface area contributed by atoms with Crippen LogP contribution in [-0.2, 0) is 11.2 Å². The fourth-order valence-corrected chi connectivity index (χ4v) is 1.37. The first-order valence-electron chi connectivity index (χ1n) is 4.15. The lowest BCUT2D eigenvalue weighted by Crippen LogP contribution is -2.01. The highest BCUT2D eigenvalue weighted by Crippen LogP contribution is 2.24. The molecule has 0 aliphatic heterocycles. The van der Waals surface area contributed by atoms with Gasteiger partial charge in [-0.15, -0.1) is 0 Å². The van der Waals surface area contributed by atoms with E-state index >= 15 is 0 Å². The summed E-state index contributed by atoms with van der Waals surface area (Å²) in [4.78, 5) is 10.4. The van der Waals surface area contributed by atoms with Crippen molar-refractivity contribution in [2.75, 3.05) is 0 Å². The van der Waals surface area contributed by atoms with Crippen LogP contribution in [0.25, 0.3) is 0 Å². The summed E-state index contributed by atoms with van der Waals surface area (Å²) in [7, 11) is 0. The Labute approximate surface area is 86.3 Å². The van der Waals surface area contributed by atoms with Crippen LogP contribution < -0.4 is 0 Å². The Bertz CT molecular complexity index is 350. The van der Waals surface area contributed by atoms with Crippen LogP contribution in [0.4, 0.5) is 4.39 Å². The minimum Gasteiger partial charge on any atom is -0.481 e. The minimum atomic E-state index is -1.09. The molecule has 0 radical (unpaired) electrons. The molecule has 0 fully saturated rings. The topological polar surface area (TPSA) is 37.3 Å². The fourth-order valence-electron chi connectivity index (χ4n) is 1.12. The zero-order valence-corrected chi connectivity index (χ0v) is 8.38. The van der Waals surface area contributed by atoms with Crippen LogP contribution in [0.3, 0.4) is 0 Å². The highest BCUT2D eigenvalue weighted by atomic mass is 35.5. The van der Waals surface area contributed by atoms with Crippen LogP contribution in [0, 0.1) is 0 Å². The monoisotopic (exact) mass is 216 g/mol. The first-order chi connectivity index (χ1) is 6.50.